The maximum absolute atomic E-state index is 8.78. The van der Waals surface area contributed by atoms with Gasteiger partial charge in [-0.25, -0.2) is 0 Å². The van der Waals surface area contributed by atoms with Gasteiger partial charge in [-0.3, -0.25) is 0 Å². The Bertz CT molecular complexity index is 893. The maximum atomic E-state index is 8.78. The molecule has 4 N–H and O–H groups in total. The highest BCUT2D eigenvalue weighted by Crippen LogP contribution is 2.28. The fourth-order valence-corrected chi connectivity index (χ4v) is 4.81. The predicted molar refractivity (Wildman–Crippen MR) is 203 cm³/mol. The van der Waals surface area contributed by atoms with Gasteiger partial charge in [0, 0.05) is 52.3 Å². The van der Waals surface area contributed by atoms with E-state index in [9.17, 15) is 0 Å². The molecule has 0 fully saturated rings. The first kappa shape index (κ1) is 50.1. The van der Waals surface area contributed by atoms with Crippen molar-refractivity contribution in [3.05, 3.63) is 18.2 Å². The number of rotatable bonds is 42. The topological polar surface area (TPSA) is 190 Å². The molecule has 2 atom stereocenters. The van der Waals surface area contributed by atoms with E-state index in [0.717, 1.165) is 5.69 Å². The second-order valence-electron chi connectivity index (χ2n) is 11.7. The van der Waals surface area contributed by atoms with Crippen LogP contribution in [0.4, 0.5) is 11.4 Å². The number of anilines is 2. The molecule has 54 heavy (non-hydrogen) atoms. The largest absolute Gasteiger partial charge is 0.495 e. The van der Waals surface area contributed by atoms with E-state index in [-0.39, 0.29) is 25.4 Å². The number of benzene rings is 1. The molecule has 0 saturated heterocycles. The molecule has 1 rings (SSSR count). The molecule has 1 aromatic rings. The van der Waals surface area contributed by atoms with Crippen molar-refractivity contribution in [1.82, 2.24) is 0 Å². The van der Waals surface area contributed by atoms with Gasteiger partial charge in [0.25, 0.3) is 0 Å². The Morgan fingerprint density at radius 1 is 0.500 bits per heavy atom. The van der Waals surface area contributed by atoms with Crippen LogP contribution < -0.4 is 15.4 Å². The van der Waals surface area contributed by atoms with Crippen molar-refractivity contribution in [2.24, 2.45) is 0 Å². The van der Waals surface area contributed by atoms with E-state index >= 15 is 0 Å². The number of aliphatic hydroxyl groups excluding tert-OH is 2. The molecule has 2 unspecified atom stereocenters. The molecule has 0 radical (unpaired) electrons. The number of hydrogen-bond acceptors (Lipinski definition) is 17. The number of hydrogen-bond donors (Lipinski definition) is 3. The fraction of sp³-hybridized carbons (Fsp3) is 0.838. The van der Waals surface area contributed by atoms with E-state index in [0.29, 0.717) is 170 Å². The van der Waals surface area contributed by atoms with Crippen molar-refractivity contribution in [3.8, 4) is 5.75 Å². The average molecular weight is 783 g/mol. The van der Waals surface area contributed by atoms with Gasteiger partial charge in [-0.1, -0.05) is 0 Å². The molecular formula is C37H70N2O15. The summed E-state index contributed by atoms with van der Waals surface area (Å²) < 4.78 is 73.1. The third-order valence-electron chi connectivity index (χ3n) is 7.58. The SMILES string of the molecule is COCCOCCC(CN(CC(CCOCCOC)OCCOCCOCCOCCO)c1ccc(N)c(OC)c1)OCCOCCOCCOCCO. The van der Waals surface area contributed by atoms with Gasteiger partial charge >= 0.3 is 0 Å². The van der Waals surface area contributed by atoms with E-state index in [1.807, 2.05) is 18.2 Å². The summed E-state index contributed by atoms with van der Waals surface area (Å²) in [5, 5.41) is 17.6. The minimum Gasteiger partial charge on any atom is -0.495 e. The lowest BCUT2D eigenvalue weighted by Crippen LogP contribution is -2.41. The molecule has 0 bridgehead atoms. The zero-order valence-electron chi connectivity index (χ0n) is 33.0. The van der Waals surface area contributed by atoms with Crippen molar-refractivity contribution in [1.29, 1.82) is 0 Å². The molecule has 17 nitrogen and oxygen atoms in total. The van der Waals surface area contributed by atoms with Gasteiger partial charge in [0.2, 0.25) is 0 Å². The zero-order chi connectivity index (χ0) is 39.2. The number of nitrogens with zero attached hydrogens (tertiary/aromatic N) is 1. The molecule has 17 heteroatoms. The average Bonchev–Trinajstić information content (AvgIpc) is 3.18. The summed E-state index contributed by atoms with van der Waals surface area (Å²) in [4.78, 5) is 2.21. The van der Waals surface area contributed by atoms with Crippen LogP contribution in [-0.4, -0.2) is 202 Å². The van der Waals surface area contributed by atoms with Crippen LogP contribution in [0.15, 0.2) is 18.2 Å². The summed E-state index contributed by atoms with van der Waals surface area (Å²) in [6.07, 6.45) is 0.850. The molecule has 318 valence electrons. The summed E-state index contributed by atoms with van der Waals surface area (Å²) in [6.45, 7) is 9.60. The molecular weight excluding hydrogens is 712 g/mol. The molecule has 0 heterocycles. The van der Waals surface area contributed by atoms with Crippen LogP contribution >= 0.6 is 0 Å². The molecule has 0 aliphatic rings. The van der Waals surface area contributed by atoms with Crippen molar-refractivity contribution >= 4 is 11.4 Å². The normalized spacial score (nSPS) is 12.7. The van der Waals surface area contributed by atoms with Crippen LogP contribution in [0.5, 0.6) is 5.75 Å². The van der Waals surface area contributed by atoms with Crippen LogP contribution in [0, 0.1) is 0 Å². The molecule has 0 amide bonds. The third-order valence-corrected chi connectivity index (χ3v) is 7.58. The van der Waals surface area contributed by atoms with Crippen molar-refractivity contribution in [3.63, 3.8) is 0 Å². The standard InChI is InChI=1S/C37H70N2O15/c1-42-14-16-45-10-6-34(53-28-26-51-24-22-49-20-18-47-12-8-40)31-39(33-4-5-36(38)37(30-33)44-3)32-35(7-11-46-17-15-43-2)54-29-27-52-25-23-50-21-19-48-13-9-41/h4-5,30,34-35,40-41H,6-29,31-32,38H2,1-3H3. The second-order valence-corrected chi connectivity index (χ2v) is 11.7. The summed E-state index contributed by atoms with van der Waals surface area (Å²) in [5.74, 6) is 0.574. The Kier molecular flexibility index (Phi) is 35.2. The van der Waals surface area contributed by atoms with E-state index < -0.39 is 0 Å². The summed E-state index contributed by atoms with van der Waals surface area (Å²) in [6, 6.07) is 5.72. The van der Waals surface area contributed by atoms with Gasteiger partial charge in [0.05, 0.1) is 157 Å². The van der Waals surface area contributed by atoms with Crippen molar-refractivity contribution in [2.45, 2.75) is 25.0 Å². The predicted octanol–water partition coefficient (Wildman–Crippen LogP) is 1.04. The Hall–Kier alpha value is -1.94. The first-order valence-electron chi connectivity index (χ1n) is 18.8. The molecule has 1 aromatic carbocycles. The zero-order valence-corrected chi connectivity index (χ0v) is 33.0. The highest BCUT2D eigenvalue weighted by Gasteiger charge is 2.22. The number of nitrogen functional groups attached to an aromatic ring is 1. The van der Waals surface area contributed by atoms with E-state index in [1.165, 1.54) is 0 Å². The fourth-order valence-electron chi connectivity index (χ4n) is 4.81. The number of nitrogens with two attached hydrogens (primary N) is 1. The van der Waals surface area contributed by atoms with Gasteiger partial charge in [-0.2, -0.15) is 0 Å². The molecule has 0 saturated carbocycles. The molecule has 0 aliphatic carbocycles. The molecule has 0 aliphatic heterocycles. The number of aliphatic hydroxyl groups is 2. The van der Waals surface area contributed by atoms with E-state index in [4.69, 9.17) is 77.5 Å². The monoisotopic (exact) mass is 782 g/mol. The minimum atomic E-state index is -0.212. The van der Waals surface area contributed by atoms with Crippen molar-refractivity contribution < 1.29 is 71.8 Å². The Labute approximate surface area is 322 Å². The minimum absolute atomic E-state index is 0.00786. The van der Waals surface area contributed by atoms with Crippen LogP contribution in [0.2, 0.25) is 0 Å². The van der Waals surface area contributed by atoms with Gasteiger partial charge in [-0.15, -0.1) is 0 Å². The number of ether oxygens (including phenoxy) is 13. The quantitative estimate of drug-likeness (QED) is 0.0630. The van der Waals surface area contributed by atoms with E-state index in [2.05, 4.69) is 4.90 Å². The second kappa shape index (κ2) is 38.0. The maximum Gasteiger partial charge on any atom is 0.143 e. The first-order chi connectivity index (χ1) is 26.6. The summed E-state index contributed by atoms with van der Waals surface area (Å²) in [5.41, 5.74) is 7.63. The Morgan fingerprint density at radius 3 is 1.26 bits per heavy atom. The van der Waals surface area contributed by atoms with Gasteiger partial charge in [0.1, 0.15) is 5.75 Å². The van der Waals surface area contributed by atoms with Gasteiger partial charge < -0.3 is 82.4 Å². The third kappa shape index (κ3) is 28.5. The highest BCUT2D eigenvalue weighted by atomic mass is 16.6. The van der Waals surface area contributed by atoms with Crippen LogP contribution in [-0.2, 0) is 56.8 Å². The Balaban J connectivity index is 2.91. The highest BCUT2D eigenvalue weighted by molar-refractivity contribution is 5.62. The van der Waals surface area contributed by atoms with Crippen LogP contribution in [0.3, 0.4) is 0 Å². The van der Waals surface area contributed by atoms with Crippen LogP contribution in [0.1, 0.15) is 12.8 Å². The van der Waals surface area contributed by atoms with Crippen molar-refractivity contribution in [2.75, 3.05) is 190 Å². The first-order valence-corrected chi connectivity index (χ1v) is 18.8. The summed E-state index contributed by atoms with van der Waals surface area (Å²) >= 11 is 0. The number of methoxy groups -OCH3 is 3. The lowest BCUT2D eigenvalue weighted by Gasteiger charge is -2.33. The lowest BCUT2D eigenvalue weighted by molar-refractivity contribution is -0.0331. The Morgan fingerprint density at radius 2 is 0.870 bits per heavy atom. The van der Waals surface area contributed by atoms with E-state index in [1.54, 1.807) is 21.3 Å². The summed E-state index contributed by atoms with van der Waals surface area (Å²) in [7, 11) is 4.88. The van der Waals surface area contributed by atoms with Crippen LogP contribution in [0.25, 0.3) is 0 Å². The molecule has 0 aromatic heterocycles. The molecule has 0 spiro atoms. The smallest absolute Gasteiger partial charge is 0.143 e. The van der Waals surface area contributed by atoms with Gasteiger partial charge in [0.15, 0.2) is 0 Å². The lowest BCUT2D eigenvalue weighted by atomic mass is 10.1. The van der Waals surface area contributed by atoms with Gasteiger partial charge in [-0.05, 0) is 25.0 Å².